The van der Waals surface area contributed by atoms with E-state index in [0.717, 1.165) is 11.4 Å². The third-order valence-electron chi connectivity index (χ3n) is 3.00. The summed E-state index contributed by atoms with van der Waals surface area (Å²) in [5.41, 5.74) is 0.506. The molecule has 0 N–H and O–H groups in total. The van der Waals surface area contributed by atoms with Crippen LogP contribution in [0.4, 0.5) is 4.39 Å². The highest BCUT2D eigenvalue weighted by Crippen LogP contribution is 2.29. The molecule has 0 bridgehead atoms. The molecule has 0 saturated carbocycles. The van der Waals surface area contributed by atoms with Gasteiger partial charge < -0.3 is 9.30 Å². The van der Waals surface area contributed by atoms with Crippen LogP contribution in [0.25, 0.3) is 10.9 Å². The van der Waals surface area contributed by atoms with Crippen molar-refractivity contribution in [3.8, 4) is 0 Å². The Kier molecular flexibility index (Phi) is 5.04. The van der Waals surface area contributed by atoms with Gasteiger partial charge in [0, 0.05) is 26.3 Å². The second-order valence-corrected chi connectivity index (χ2v) is 13.0. The maximum Gasteiger partial charge on any atom is 0.180 e. The molecule has 0 radical (unpaired) electrons. The van der Waals surface area contributed by atoms with Crippen molar-refractivity contribution in [2.24, 2.45) is 0 Å². The summed E-state index contributed by atoms with van der Waals surface area (Å²) in [6.07, 6.45) is 1.82. The van der Waals surface area contributed by atoms with E-state index in [2.05, 4.69) is 56.5 Å². The molecule has 110 valence electrons. The monoisotopic (exact) mass is 422 g/mol. The lowest BCUT2D eigenvalue weighted by Gasteiger charge is -2.16. The lowest BCUT2D eigenvalue weighted by atomic mass is 10.3. The molecule has 0 aliphatic rings. The molecule has 0 spiro atoms. The van der Waals surface area contributed by atoms with E-state index in [-0.39, 0.29) is 10.4 Å². The summed E-state index contributed by atoms with van der Waals surface area (Å²) in [5.74, 6) is -0.359. The standard InChI is InChI=1S/C13H17Br2FN2OSi/c1-20(2,3)7-6-19-8-18-5-4-9-11(18)10(16)13(15)17-12(9)14/h4-5H,6-8H2,1-3H3. The fraction of sp³-hybridized carbons (Fsp3) is 0.462. The van der Waals surface area contributed by atoms with Gasteiger partial charge in [0.05, 0.1) is 5.52 Å². The van der Waals surface area contributed by atoms with Crippen molar-refractivity contribution in [2.45, 2.75) is 32.4 Å². The molecule has 0 aliphatic heterocycles. The zero-order valence-corrected chi connectivity index (χ0v) is 15.9. The maximum absolute atomic E-state index is 14.2. The van der Waals surface area contributed by atoms with Gasteiger partial charge in [-0.3, -0.25) is 0 Å². The SMILES string of the molecule is C[Si](C)(C)CCOCn1ccc2c(Br)nc(Br)c(F)c21. The molecule has 0 saturated heterocycles. The number of nitrogens with zero attached hydrogens (tertiary/aromatic N) is 2. The molecule has 0 unspecified atom stereocenters. The molecule has 2 rings (SSSR count). The maximum atomic E-state index is 14.2. The van der Waals surface area contributed by atoms with Gasteiger partial charge in [-0.2, -0.15) is 0 Å². The Morgan fingerprint density at radius 1 is 1.30 bits per heavy atom. The van der Waals surface area contributed by atoms with Gasteiger partial charge in [-0.25, -0.2) is 9.37 Å². The van der Waals surface area contributed by atoms with Crippen LogP contribution >= 0.6 is 31.9 Å². The molecular formula is C13H17Br2FN2OSi. The van der Waals surface area contributed by atoms with E-state index in [9.17, 15) is 4.39 Å². The number of rotatable bonds is 5. The van der Waals surface area contributed by atoms with Crippen LogP contribution < -0.4 is 0 Å². The molecule has 0 amide bonds. The van der Waals surface area contributed by atoms with Gasteiger partial charge in [-0.1, -0.05) is 19.6 Å². The second kappa shape index (κ2) is 6.25. The number of halogens is 3. The third-order valence-corrected chi connectivity index (χ3v) is 5.83. The number of pyridine rings is 1. The van der Waals surface area contributed by atoms with Crippen LogP contribution in [0.3, 0.4) is 0 Å². The van der Waals surface area contributed by atoms with E-state index in [4.69, 9.17) is 4.74 Å². The Balaban J connectivity index is 2.15. The van der Waals surface area contributed by atoms with Gasteiger partial charge in [0.15, 0.2) is 5.82 Å². The summed E-state index contributed by atoms with van der Waals surface area (Å²) < 4.78 is 22.5. The van der Waals surface area contributed by atoms with Gasteiger partial charge in [0.1, 0.15) is 15.9 Å². The van der Waals surface area contributed by atoms with Crippen LogP contribution in [-0.2, 0) is 11.5 Å². The summed E-state index contributed by atoms with van der Waals surface area (Å²) in [6.45, 7) is 7.99. The highest BCUT2D eigenvalue weighted by Gasteiger charge is 2.16. The Morgan fingerprint density at radius 3 is 2.65 bits per heavy atom. The Bertz CT molecular complexity index is 625. The minimum absolute atomic E-state index is 0.207. The van der Waals surface area contributed by atoms with E-state index in [0.29, 0.717) is 23.5 Å². The summed E-state index contributed by atoms with van der Waals surface area (Å²) in [4.78, 5) is 4.05. The van der Waals surface area contributed by atoms with Crippen molar-refractivity contribution in [2.75, 3.05) is 6.61 Å². The smallest absolute Gasteiger partial charge is 0.180 e. The quantitative estimate of drug-likeness (QED) is 0.383. The lowest BCUT2D eigenvalue weighted by molar-refractivity contribution is 0.0899. The summed E-state index contributed by atoms with van der Waals surface area (Å²) in [7, 11) is -1.10. The molecule has 20 heavy (non-hydrogen) atoms. The van der Waals surface area contributed by atoms with Crippen molar-refractivity contribution in [1.82, 2.24) is 9.55 Å². The molecule has 0 atom stereocenters. The summed E-state index contributed by atoms with van der Waals surface area (Å²) in [6, 6.07) is 2.94. The summed E-state index contributed by atoms with van der Waals surface area (Å²) >= 11 is 6.48. The number of aromatic nitrogens is 2. The lowest BCUT2D eigenvalue weighted by Crippen LogP contribution is -2.22. The van der Waals surface area contributed by atoms with Crippen LogP contribution in [-0.4, -0.2) is 24.2 Å². The molecular weight excluding hydrogens is 407 g/mol. The minimum atomic E-state index is -1.10. The van der Waals surface area contributed by atoms with E-state index < -0.39 is 8.07 Å². The van der Waals surface area contributed by atoms with Crippen LogP contribution in [0, 0.1) is 5.82 Å². The van der Waals surface area contributed by atoms with Gasteiger partial charge in [0.25, 0.3) is 0 Å². The Labute approximate surface area is 135 Å². The normalized spacial score (nSPS) is 12.3. The van der Waals surface area contributed by atoms with E-state index in [1.54, 1.807) is 4.57 Å². The molecule has 2 aromatic rings. The first-order chi connectivity index (χ1) is 9.29. The fourth-order valence-electron chi connectivity index (χ4n) is 1.83. The van der Waals surface area contributed by atoms with Gasteiger partial charge in [0.2, 0.25) is 0 Å². The van der Waals surface area contributed by atoms with Crippen LogP contribution in [0.2, 0.25) is 25.7 Å². The predicted octanol–water partition coefficient (Wildman–Crippen LogP) is 5.01. The van der Waals surface area contributed by atoms with E-state index in [1.807, 2.05) is 12.3 Å². The first kappa shape index (κ1) is 16.1. The fourth-order valence-corrected chi connectivity index (χ4v) is 3.68. The van der Waals surface area contributed by atoms with Crippen LogP contribution in [0.1, 0.15) is 0 Å². The average molecular weight is 424 g/mol. The van der Waals surface area contributed by atoms with Crippen molar-refractivity contribution < 1.29 is 9.13 Å². The van der Waals surface area contributed by atoms with Gasteiger partial charge >= 0.3 is 0 Å². The zero-order valence-electron chi connectivity index (χ0n) is 11.7. The van der Waals surface area contributed by atoms with Gasteiger partial charge in [-0.15, -0.1) is 0 Å². The zero-order chi connectivity index (χ0) is 14.9. The van der Waals surface area contributed by atoms with Gasteiger partial charge in [-0.05, 0) is 44.0 Å². The largest absolute Gasteiger partial charge is 0.361 e. The van der Waals surface area contributed by atoms with Crippen molar-refractivity contribution in [3.63, 3.8) is 0 Å². The summed E-state index contributed by atoms with van der Waals surface area (Å²) in [5, 5.41) is 0.750. The highest BCUT2D eigenvalue weighted by molar-refractivity contribution is 9.11. The van der Waals surface area contributed by atoms with Crippen LogP contribution in [0.5, 0.6) is 0 Å². The van der Waals surface area contributed by atoms with Crippen molar-refractivity contribution in [1.29, 1.82) is 0 Å². The number of hydrogen-bond acceptors (Lipinski definition) is 2. The van der Waals surface area contributed by atoms with E-state index >= 15 is 0 Å². The Hall–Kier alpha value is -0.243. The molecule has 0 fully saturated rings. The number of fused-ring (bicyclic) bond motifs is 1. The second-order valence-electron chi connectivity index (χ2n) is 5.90. The van der Waals surface area contributed by atoms with Crippen molar-refractivity contribution >= 4 is 50.8 Å². The first-order valence-corrected chi connectivity index (χ1v) is 11.7. The highest BCUT2D eigenvalue weighted by atomic mass is 79.9. The molecule has 0 aromatic carbocycles. The minimum Gasteiger partial charge on any atom is -0.361 e. The van der Waals surface area contributed by atoms with E-state index in [1.165, 1.54) is 0 Å². The molecule has 0 aliphatic carbocycles. The molecule has 7 heteroatoms. The predicted molar refractivity (Wildman–Crippen MR) is 89.2 cm³/mol. The number of ether oxygens (including phenoxy) is 1. The first-order valence-electron chi connectivity index (χ1n) is 6.37. The third kappa shape index (κ3) is 3.69. The molecule has 3 nitrogen and oxygen atoms in total. The Morgan fingerprint density at radius 2 is 2.00 bits per heavy atom. The van der Waals surface area contributed by atoms with Crippen LogP contribution in [0.15, 0.2) is 21.5 Å². The number of hydrogen-bond donors (Lipinski definition) is 0. The molecule has 2 aromatic heterocycles. The molecule has 2 heterocycles. The average Bonchev–Trinajstić information content (AvgIpc) is 2.75. The van der Waals surface area contributed by atoms with Crippen molar-refractivity contribution in [3.05, 3.63) is 27.3 Å². The topological polar surface area (TPSA) is 27.1 Å².